The van der Waals surface area contributed by atoms with Crippen LogP contribution >= 0.6 is 0 Å². The summed E-state index contributed by atoms with van der Waals surface area (Å²) < 4.78 is 30.4. The lowest BCUT2D eigenvalue weighted by Gasteiger charge is -2.65. The third-order valence-corrected chi connectivity index (χ3v) is 9.67. The molecule has 11 nitrogen and oxygen atoms in total. The number of aliphatic hydroxyl groups excluding tert-OH is 1. The summed E-state index contributed by atoms with van der Waals surface area (Å²) in [6.07, 6.45) is -4.59. The van der Waals surface area contributed by atoms with Gasteiger partial charge in [0.2, 0.25) is 0 Å². The molecular formula is C35H40O11. The third kappa shape index (κ3) is 5.40. The molecule has 1 saturated heterocycles. The van der Waals surface area contributed by atoms with Gasteiger partial charge < -0.3 is 33.9 Å². The molecule has 2 bridgehead atoms. The van der Waals surface area contributed by atoms with Gasteiger partial charge in [-0.25, -0.2) is 9.59 Å². The summed E-state index contributed by atoms with van der Waals surface area (Å²) in [5.74, 6) is -4.11. The van der Waals surface area contributed by atoms with Crippen LogP contribution in [-0.2, 0) is 38.1 Å². The number of ether oxygens (including phenoxy) is 5. The number of fused-ring (bicyclic) bond motifs is 1. The topological polar surface area (TPSA) is 155 Å². The molecule has 1 heterocycles. The smallest absolute Gasteiger partial charge is 0.338 e. The van der Waals surface area contributed by atoms with Gasteiger partial charge in [0.1, 0.15) is 17.8 Å². The number of carbonyl (C=O) groups excluding carboxylic acids is 4. The molecule has 2 aromatic rings. The van der Waals surface area contributed by atoms with Crippen molar-refractivity contribution in [2.45, 2.75) is 95.3 Å². The van der Waals surface area contributed by atoms with E-state index in [2.05, 4.69) is 0 Å². The summed E-state index contributed by atoms with van der Waals surface area (Å²) in [4.78, 5) is 52.2. The zero-order valence-electron chi connectivity index (χ0n) is 26.7. The molecule has 5 rings (SSSR count). The number of esters is 4. The van der Waals surface area contributed by atoms with Gasteiger partial charge in [-0.05, 0) is 51.5 Å². The standard InChI is InChI=1S/C35H40O11/c1-20(36)42-24-19-33(5,41)35-28(39)26(32(3,4)46-35)27(44-25(38)18-17-22-13-9-7-10-14-22)30(34(35,6)29(24)43-21(2)37)45-31(40)23-15-11-8-12-16-23/h7-18,24,26-30,39,41H,19H2,1-6H3/b18-17-/t24-,26+,27-,28+,29-,30-,33-,34-,35-/m0/s1. The SMILES string of the molecule is CC(=O)O[C@H]1C[C@](C)(O)[C@]23OC(C)(C)[C@H]([C@H](OC(=O)/C=C\c4ccccc4)[C@H](OC(=O)c4ccccc4)[C@]2(C)[C@H]1OC(C)=O)[C@H]3O. The molecule has 246 valence electrons. The molecule has 2 saturated carbocycles. The normalized spacial score (nSPS) is 35.9. The van der Waals surface area contributed by atoms with E-state index in [1.807, 2.05) is 18.2 Å². The quantitative estimate of drug-likeness (QED) is 0.261. The first-order valence-electron chi connectivity index (χ1n) is 15.2. The molecule has 2 N–H and O–H groups in total. The second-order valence-corrected chi connectivity index (χ2v) is 13.2. The average molecular weight is 637 g/mol. The maximum Gasteiger partial charge on any atom is 0.338 e. The van der Waals surface area contributed by atoms with Crippen molar-refractivity contribution < 1.29 is 53.1 Å². The van der Waals surface area contributed by atoms with Crippen LogP contribution in [0.15, 0.2) is 66.7 Å². The summed E-state index contributed by atoms with van der Waals surface area (Å²) in [7, 11) is 0. The van der Waals surface area contributed by atoms with Gasteiger partial charge in [0.25, 0.3) is 0 Å². The van der Waals surface area contributed by atoms with E-state index in [0.717, 1.165) is 12.5 Å². The van der Waals surface area contributed by atoms with Crippen LogP contribution in [0.2, 0.25) is 0 Å². The number of benzene rings is 2. The summed E-state index contributed by atoms with van der Waals surface area (Å²) in [6.45, 7) is 8.63. The summed E-state index contributed by atoms with van der Waals surface area (Å²) >= 11 is 0. The van der Waals surface area contributed by atoms with Crippen LogP contribution in [-0.4, -0.2) is 81.4 Å². The minimum Gasteiger partial charge on any atom is -0.458 e. The fraction of sp³-hybridized carbons (Fsp3) is 0.486. The van der Waals surface area contributed by atoms with Crippen molar-refractivity contribution >= 4 is 30.0 Å². The minimum absolute atomic E-state index is 0.177. The van der Waals surface area contributed by atoms with E-state index in [1.54, 1.807) is 62.4 Å². The molecule has 11 heteroatoms. The van der Waals surface area contributed by atoms with Gasteiger partial charge in [0.15, 0.2) is 12.2 Å². The first-order chi connectivity index (χ1) is 21.5. The van der Waals surface area contributed by atoms with E-state index in [9.17, 15) is 29.4 Å². The molecule has 1 spiro atoms. The predicted molar refractivity (Wildman–Crippen MR) is 163 cm³/mol. The molecule has 1 aliphatic heterocycles. The van der Waals surface area contributed by atoms with Crippen molar-refractivity contribution in [3.05, 3.63) is 77.9 Å². The van der Waals surface area contributed by atoms with Crippen LogP contribution in [0.1, 0.15) is 63.9 Å². The second kappa shape index (κ2) is 11.9. The summed E-state index contributed by atoms with van der Waals surface area (Å²) in [5, 5.41) is 24.4. The lowest BCUT2D eigenvalue weighted by molar-refractivity contribution is -0.351. The minimum atomic E-state index is -1.96. The molecule has 0 unspecified atom stereocenters. The van der Waals surface area contributed by atoms with Crippen molar-refractivity contribution in [1.29, 1.82) is 0 Å². The number of hydrogen-bond acceptors (Lipinski definition) is 11. The molecular weight excluding hydrogens is 596 g/mol. The Labute approximate surface area is 267 Å². The predicted octanol–water partition coefficient (Wildman–Crippen LogP) is 3.40. The Morgan fingerprint density at radius 3 is 2.00 bits per heavy atom. The van der Waals surface area contributed by atoms with Crippen molar-refractivity contribution in [2.24, 2.45) is 11.3 Å². The van der Waals surface area contributed by atoms with E-state index >= 15 is 0 Å². The Morgan fingerprint density at radius 1 is 0.826 bits per heavy atom. The molecule has 3 aliphatic rings. The molecule has 46 heavy (non-hydrogen) atoms. The molecule has 9 atom stereocenters. The van der Waals surface area contributed by atoms with Crippen LogP contribution in [0.5, 0.6) is 0 Å². The number of hydrogen-bond donors (Lipinski definition) is 2. The fourth-order valence-corrected chi connectivity index (χ4v) is 8.02. The maximum absolute atomic E-state index is 13.8. The van der Waals surface area contributed by atoms with Crippen LogP contribution in [0.25, 0.3) is 6.08 Å². The largest absolute Gasteiger partial charge is 0.458 e. The van der Waals surface area contributed by atoms with E-state index < -0.39 is 82.5 Å². The van der Waals surface area contributed by atoms with E-state index in [0.29, 0.717) is 0 Å². The van der Waals surface area contributed by atoms with Gasteiger partial charge in [0.05, 0.1) is 34.2 Å². The monoisotopic (exact) mass is 636 g/mol. The molecule has 2 aromatic carbocycles. The van der Waals surface area contributed by atoms with E-state index in [4.69, 9.17) is 23.7 Å². The van der Waals surface area contributed by atoms with Crippen molar-refractivity contribution in [3.63, 3.8) is 0 Å². The summed E-state index contributed by atoms with van der Waals surface area (Å²) in [5.41, 5.74) is -6.13. The van der Waals surface area contributed by atoms with Crippen molar-refractivity contribution in [1.82, 2.24) is 0 Å². The van der Waals surface area contributed by atoms with Crippen LogP contribution in [0, 0.1) is 11.3 Å². The number of carbonyl (C=O) groups is 4. The van der Waals surface area contributed by atoms with Crippen molar-refractivity contribution in [2.75, 3.05) is 0 Å². The highest BCUT2D eigenvalue weighted by Crippen LogP contribution is 2.68. The van der Waals surface area contributed by atoms with Gasteiger partial charge in [0, 0.05) is 26.3 Å². The maximum atomic E-state index is 13.8. The molecule has 0 radical (unpaired) electrons. The Bertz CT molecular complexity index is 1520. The highest BCUT2D eigenvalue weighted by Gasteiger charge is 2.86. The Morgan fingerprint density at radius 2 is 1.41 bits per heavy atom. The zero-order valence-corrected chi connectivity index (χ0v) is 26.7. The van der Waals surface area contributed by atoms with Crippen molar-refractivity contribution in [3.8, 4) is 0 Å². The second-order valence-electron chi connectivity index (χ2n) is 13.2. The molecule has 3 fully saturated rings. The fourth-order valence-electron chi connectivity index (χ4n) is 8.02. The van der Waals surface area contributed by atoms with E-state index in [1.165, 1.54) is 26.8 Å². The van der Waals surface area contributed by atoms with E-state index in [-0.39, 0.29) is 12.0 Å². The van der Waals surface area contributed by atoms with Gasteiger partial charge >= 0.3 is 23.9 Å². The highest BCUT2D eigenvalue weighted by atomic mass is 16.6. The van der Waals surface area contributed by atoms with Crippen LogP contribution < -0.4 is 0 Å². The summed E-state index contributed by atoms with van der Waals surface area (Å²) in [6, 6.07) is 17.2. The molecule has 2 aliphatic carbocycles. The number of aliphatic hydroxyl groups is 2. The van der Waals surface area contributed by atoms with Gasteiger partial charge in [-0.2, -0.15) is 0 Å². The Kier molecular flexibility index (Phi) is 8.65. The van der Waals surface area contributed by atoms with Gasteiger partial charge in [-0.15, -0.1) is 0 Å². The number of rotatable bonds is 7. The lowest BCUT2D eigenvalue weighted by Crippen LogP contribution is -2.83. The van der Waals surface area contributed by atoms with Crippen LogP contribution in [0.4, 0.5) is 0 Å². The molecule has 0 amide bonds. The first kappa shape index (κ1) is 33.3. The lowest BCUT2D eigenvalue weighted by atomic mass is 9.46. The Balaban J connectivity index is 1.71. The third-order valence-electron chi connectivity index (χ3n) is 9.67. The average Bonchev–Trinajstić information content (AvgIpc) is 3.17. The van der Waals surface area contributed by atoms with Crippen LogP contribution in [0.3, 0.4) is 0 Å². The molecule has 0 aromatic heterocycles. The highest BCUT2D eigenvalue weighted by molar-refractivity contribution is 5.90. The Hall–Kier alpha value is -4.06. The first-order valence-corrected chi connectivity index (χ1v) is 15.2. The zero-order chi connectivity index (χ0) is 33.7. The van der Waals surface area contributed by atoms with Gasteiger partial charge in [-0.3, -0.25) is 9.59 Å². The van der Waals surface area contributed by atoms with Gasteiger partial charge in [-0.1, -0.05) is 48.5 Å².